The third-order valence-corrected chi connectivity index (χ3v) is 3.49. The SMILES string of the molecule is CC(Oc1cccc(I)c1)C(=O)N(C(C)C)C(C)C. The fraction of sp³-hybridized carbons (Fsp3) is 0.533. The highest BCUT2D eigenvalue weighted by molar-refractivity contribution is 14.1. The predicted octanol–water partition coefficient (Wildman–Crippen LogP) is 3.70. The second kappa shape index (κ2) is 7.12. The number of carbonyl (C=O) groups excluding carboxylic acids is 1. The van der Waals surface area contributed by atoms with E-state index in [1.807, 2.05) is 56.9 Å². The zero-order valence-electron chi connectivity index (χ0n) is 12.2. The second-order valence-corrected chi connectivity index (χ2v) is 6.40. The summed E-state index contributed by atoms with van der Waals surface area (Å²) in [5, 5.41) is 0. The summed E-state index contributed by atoms with van der Waals surface area (Å²) < 4.78 is 6.84. The van der Waals surface area contributed by atoms with Gasteiger partial charge in [0.15, 0.2) is 6.10 Å². The molecule has 0 heterocycles. The summed E-state index contributed by atoms with van der Waals surface area (Å²) in [6.07, 6.45) is -0.469. The Kier molecular flexibility index (Phi) is 6.10. The maximum Gasteiger partial charge on any atom is 0.263 e. The van der Waals surface area contributed by atoms with E-state index >= 15 is 0 Å². The molecule has 1 aromatic carbocycles. The van der Waals surface area contributed by atoms with Crippen LogP contribution in [-0.2, 0) is 4.79 Å². The van der Waals surface area contributed by atoms with Gasteiger partial charge in [-0.15, -0.1) is 0 Å². The number of nitrogens with zero attached hydrogens (tertiary/aromatic N) is 1. The molecule has 1 amide bonds. The fourth-order valence-electron chi connectivity index (χ4n) is 2.11. The molecule has 19 heavy (non-hydrogen) atoms. The summed E-state index contributed by atoms with van der Waals surface area (Å²) in [7, 11) is 0. The van der Waals surface area contributed by atoms with Crippen molar-refractivity contribution in [3.63, 3.8) is 0 Å². The van der Waals surface area contributed by atoms with Crippen molar-refractivity contribution < 1.29 is 9.53 Å². The molecule has 0 radical (unpaired) electrons. The molecule has 106 valence electrons. The Morgan fingerprint density at radius 1 is 1.16 bits per heavy atom. The van der Waals surface area contributed by atoms with E-state index < -0.39 is 6.10 Å². The van der Waals surface area contributed by atoms with E-state index in [4.69, 9.17) is 4.74 Å². The van der Waals surface area contributed by atoms with E-state index in [0.29, 0.717) is 0 Å². The van der Waals surface area contributed by atoms with Gasteiger partial charge in [-0.3, -0.25) is 4.79 Å². The van der Waals surface area contributed by atoms with Crippen LogP contribution in [0.25, 0.3) is 0 Å². The normalized spacial score (nSPS) is 12.6. The molecule has 0 bridgehead atoms. The summed E-state index contributed by atoms with van der Waals surface area (Å²) in [5.74, 6) is 0.768. The summed E-state index contributed by atoms with van der Waals surface area (Å²) in [4.78, 5) is 14.3. The van der Waals surface area contributed by atoms with E-state index in [1.54, 1.807) is 6.92 Å². The average molecular weight is 375 g/mol. The standard InChI is InChI=1S/C15H22INO2/c1-10(2)17(11(3)4)15(18)12(5)19-14-8-6-7-13(16)9-14/h6-12H,1-5H3. The average Bonchev–Trinajstić information content (AvgIpc) is 2.27. The van der Waals surface area contributed by atoms with Gasteiger partial charge in [0.2, 0.25) is 0 Å². The first-order chi connectivity index (χ1) is 8.82. The van der Waals surface area contributed by atoms with Crippen LogP contribution in [0.1, 0.15) is 34.6 Å². The third-order valence-electron chi connectivity index (χ3n) is 2.82. The fourth-order valence-corrected chi connectivity index (χ4v) is 2.62. The summed E-state index contributed by atoms with van der Waals surface area (Å²) >= 11 is 2.23. The topological polar surface area (TPSA) is 29.5 Å². The van der Waals surface area contributed by atoms with Crippen LogP contribution in [0.3, 0.4) is 0 Å². The van der Waals surface area contributed by atoms with Gasteiger partial charge in [0.25, 0.3) is 5.91 Å². The number of halogens is 1. The van der Waals surface area contributed by atoms with Crippen molar-refractivity contribution in [3.8, 4) is 5.75 Å². The molecule has 0 aliphatic heterocycles. The number of hydrogen-bond donors (Lipinski definition) is 0. The molecule has 1 atom stereocenters. The lowest BCUT2D eigenvalue weighted by Crippen LogP contribution is -2.48. The molecular formula is C15H22INO2. The lowest BCUT2D eigenvalue weighted by molar-refractivity contribution is -0.141. The molecular weight excluding hydrogens is 353 g/mol. The molecule has 3 nitrogen and oxygen atoms in total. The zero-order chi connectivity index (χ0) is 14.6. The zero-order valence-corrected chi connectivity index (χ0v) is 14.3. The Hall–Kier alpha value is -0.780. The Morgan fingerprint density at radius 2 is 1.74 bits per heavy atom. The minimum Gasteiger partial charge on any atom is -0.481 e. The van der Waals surface area contributed by atoms with Crippen molar-refractivity contribution >= 4 is 28.5 Å². The summed E-state index contributed by atoms with van der Waals surface area (Å²) in [6, 6.07) is 8.08. The molecule has 0 aromatic heterocycles. The molecule has 0 aliphatic carbocycles. The van der Waals surface area contributed by atoms with Crippen molar-refractivity contribution in [1.82, 2.24) is 4.90 Å². The molecule has 0 N–H and O–H groups in total. The van der Waals surface area contributed by atoms with Crippen molar-refractivity contribution in [2.45, 2.75) is 52.8 Å². The molecule has 0 aliphatic rings. The molecule has 4 heteroatoms. The van der Waals surface area contributed by atoms with Crippen LogP contribution < -0.4 is 4.74 Å². The molecule has 0 fully saturated rings. The molecule has 0 saturated carbocycles. The van der Waals surface area contributed by atoms with Crippen LogP contribution in [0.5, 0.6) is 5.75 Å². The van der Waals surface area contributed by atoms with Gasteiger partial charge in [0, 0.05) is 15.7 Å². The van der Waals surface area contributed by atoms with Crippen molar-refractivity contribution in [3.05, 3.63) is 27.8 Å². The molecule has 0 spiro atoms. The second-order valence-electron chi connectivity index (χ2n) is 5.15. The van der Waals surface area contributed by atoms with Crippen LogP contribution in [0, 0.1) is 3.57 Å². The van der Waals surface area contributed by atoms with Gasteiger partial charge in [-0.05, 0) is 75.4 Å². The van der Waals surface area contributed by atoms with Gasteiger partial charge < -0.3 is 9.64 Å². The van der Waals surface area contributed by atoms with Crippen LogP contribution in [0.15, 0.2) is 24.3 Å². The lowest BCUT2D eigenvalue weighted by atomic mass is 10.2. The monoisotopic (exact) mass is 375 g/mol. The number of benzene rings is 1. The van der Waals surface area contributed by atoms with Crippen molar-refractivity contribution in [2.75, 3.05) is 0 Å². The Labute approximate surface area is 129 Å². The highest BCUT2D eigenvalue weighted by Gasteiger charge is 2.26. The minimum absolute atomic E-state index is 0.0314. The lowest BCUT2D eigenvalue weighted by Gasteiger charge is -2.33. The quantitative estimate of drug-likeness (QED) is 0.735. The van der Waals surface area contributed by atoms with Gasteiger partial charge >= 0.3 is 0 Å². The Balaban J connectivity index is 2.76. The highest BCUT2D eigenvalue weighted by atomic mass is 127. The van der Waals surface area contributed by atoms with E-state index in [2.05, 4.69) is 22.6 Å². The predicted molar refractivity (Wildman–Crippen MR) is 86.4 cm³/mol. The van der Waals surface area contributed by atoms with Crippen molar-refractivity contribution in [2.24, 2.45) is 0 Å². The Bertz CT molecular complexity index is 424. The molecule has 1 rings (SSSR count). The highest BCUT2D eigenvalue weighted by Crippen LogP contribution is 2.18. The van der Waals surface area contributed by atoms with Crippen LogP contribution in [-0.4, -0.2) is 29.0 Å². The number of carbonyl (C=O) groups is 1. The van der Waals surface area contributed by atoms with Crippen molar-refractivity contribution in [1.29, 1.82) is 0 Å². The Morgan fingerprint density at radius 3 is 2.21 bits per heavy atom. The summed E-state index contributed by atoms with van der Waals surface area (Å²) in [5.41, 5.74) is 0. The number of rotatable bonds is 5. The van der Waals surface area contributed by atoms with Gasteiger partial charge in [-0.2, -0.15) is 0 Å². The largest absolute Gasteiger partial charge is 0.481 e. The van der Waals surface area contributed by atoms with Gasteiger partial charge in [-0.25, -0.2) is 0 Å². The van der Waals surface area contributed by atoms with E-state index in [1.165, 1.54) is 0 Å². The summed E-state index contributed by atoms with van der Waals surface area (Å²) in [6.45, 7) is 9.90. The number of amides is 1. The van der Waals surface area contributed by atoms with Crippen LogP contribution in [0.2, 0.25) is 0 Å². The third kappa shape index (κ3) is 4.67. The van der Waals surface area contributed by atoms with E-state index in [0.717, 1.165) is 9.32 Å². The maximum atomic E-state index is 12.4. The number of ether oxygens (including phenoxy) is 1. The first-order valence-corrected chi connectivity index (χ1v) is 7.65. The van der Waals surface area contributed by atoms with Crippen LogP contribution in [0.4, 0.5) is 0 Å². The van der Waals surface area contributed by atoms with Crippen LogP contribution >= 0.6 is 22.6 Å². The smallest absolute Gasteiger partial charge is 0.263 e. The van der Waals surface area contributed by atoms with E-state index in [9.17, 15) is 4.79 Å². The minimum atomic E-state index is -0.469. The molecule has 1 aromatic rings. The first-order valence-electron chi connectivity index (χ1n) is 6.57. The van der Waals surface area contributed by atoms with Gasteiger partial charge in [0.1, 0.15) is 5.75 Å². The van der Waals surface area contributed by atoms with E-state index in [-0.39, 0.29) is 18.0 Å². The van der Waals surface area contributed by atoms with Gasteiger partial charge in [0.05, 0.1) is 0 Å². The maximum absolute atomic E-state index is 12.4. The van der Waals surface area contributed by atoms with Gasteiger partial charge in [-0.1, -0.05) is 6.07 Å². The first kappa shape index (κ1) is 16.3. The molecule has 0 saturated heterocycles. The molecule has 1 unspecified atom stereocenters. The number of hydrogen-bond acceptors (Lipinski definition) is 2.